The van der Waals surface area contributed by atoms with Crippen LogP contribution in [-0.4, -0.2) is 5.54 Å². The van der Waals surface area contributed by atoms with Gasteiger partial charge >= 0.3 is 0 Å². The molecule has 68 valence electrons. The molecule has 0 aliphatic rings. The van der Waals surface area contributed by atoms with E-state index in [1.165, 1.54) is 32.1 Å². The van der Waals surface area contributed by atoms with Crippen LogP contribution in [0.2, 0.25) is 0 Å². The first-order chi connectivity index (χ1) is 5.12. The molecule has 0 aliphatic heterocycles. The highest BCUT2D eigenvalue weighted by Gasteiger charge is 2.13. The van der Waals surface area contributed by atoms with Gasteiger partial charge in [0.2, 0.25) is 0 Å². The van der Waals surface area contributed by atoms with Crippen LogP contribution < -0.4 is 5.73 Å². The Morgan fingerprint density at radius 3 is 2.18 bits per heavy atom. The first-order valence-electron chi connectivity index (χ1n) is 4.91. The maximum atomic E-state index is 6.00. The fraction of sp³-hybridized carbons (Fsp3) is 1.00. The number of rotatable bonds is 6. The molecule has 0 rings (SSSR count). The number of nitrogens with two attached hydrogens (primary N) is 1. The molecule has 0 heterocycles. The van der Waals surface area contributed by atoms with Crippen LogP contribution in [0.25, 0.3) is 0 Å². The van der Waals surface area contributed by atoms with Gasteiger partial charge in [-0.15, -0.1) is 0 Å². The Bertz CT molecular complexity index is 86.9. The van der Waals surface area contributed by atoms with E-state index in [0.717, 1.165) is 6.42 Å². The normalized spacial score (nSPS) is 16.4. The van der Waals surface area contributed by atoms with Gasteiger partial charge in [0, 0.05) is 5.54 Å². The molecule has 0 aliphatic carbocycles. The predicted octanol–water partition coefficient (Wildman–Crippen LogP) is 3.08. The minimum Gasteiger partial charge on any atom is -0.325 e. The van der Waals surface area contributed by atoms with E-state index in [-0.39, 0.29) is 5.54 Å². The molecule has 1 heteroatoms. The van der Waals surface area contributed by atoms with Gasteiger partial charge in [0.1, 0.15) is 0 Å². The van der Waals surface area contributed by atoms with Crippen LogP contribution in [0, 0.1) is 0 Å². The van der Waals surface area contributed by atoms with E-state index in [1.807, 2.05) is 0 Å². The van der Waals surface area contributed by atoms with Crippen molar-refractivity contribution in [2.45, 2.75) is 64.8 Å². The largest absolute Gasteiger partial charge is 0.325 e. The average Bonchev–Trinajstić information content (AvgIpc) is 1.99. The minimum atomic E-state index is 0.0910. The molecule has 2 N–H and O–H groups in total. The van der Waals surface area contributed by atoms with Gasteiger partial charge in [0.15, 0.2) is 0 Å². The van der Waals surface area contributed by atoms with Gasteiger partial charge in [-0.25, -0.2) is 0 Å². The summed E-state index contributed by atoms with van der Waals surface area (Å²) in [5, 5.41) is 0. The molecule has 11 heavy (non-hydrogen) atoms. The monoisotopic (exact) mass is 157 g/mol. The van der Waals surface area contributed by atoms with Crippen LogP contribution >= 0.6 is 0 Å². The Labute approximate surface area is 71.4 Å². The zero-order valence-electron chi connectivity index (χ0n) is 8.32. The van der Waals surface area contributed by atoms with Crippen LogP contribution in [-0.2, 0) is 0 Å². The van der Waals surface area contributed by atoms with Crippen LogP contribution in [0.15, 0.2) is 0 Å². The average molecular weight is 157 g/mol. The first kappa shape index (κ1) is 11.0. The first-order valence-corrected chi connectivity index (χ1v) is 4.91. The molecule has 0 spiro atoms. The summed E-state index contributed by atoms with van der Waals surface area (Å²) in [7, 11) is 0. The van der Waals surface area contributed by atoms with E-state index >= 15 is 0 Å². The zero-order valence-corrected chi connectivity index (χ0v) is 8.32. The van der Waals surface area contributed by atoms with E-state index in [2.05, 4.69) is 20.8 Å². The lowest BCUT2D eigenvalue weighted by Gasteiger charge is -2.22. The van der Waals surface area contributed by atoms with Crippen molar-refractivity contribution in [2.24, 2.45) is 5.73 Å². The predicted molar refractivity (Wildman–Crippen MR) is 51.6 cm³/mol. The molecule has 0 aromatic heterocycles. The van der Waals surface area contributed by atoms with Crippen LogP contribution in [0.4, 0.5) is 0 Å². The summed E-state index contributed by atoms with van der Waals surface area (Å²) >= 11 is 0. The van der Waals surface area contributed by atoms with Crippen LogP contribution in [0.1, 0.15) is 59.3 Å². The van der Waals surface area contributed by atoms with Crippen molar-refractivity contribution < 1.29 is 0 Å². The summed E-state index contributed by atoms with van der Waals surface area (Å²) < 4.78 is 0. The number of hydrogen-bond donors (Lipinski definition) is 1. The minimum absolute atomic E-state index is 0.0910. The maximum absolute atomic E-state index is 6.00. The third-order valence-corrected chi connectivity index (χ3v) is 2.41. The molecule has 0 radical (unpaired) electrons. The van der Waals surface area contributed by atoms with Crippen molar-refractivity contribution in [1.82, 2.24) is 0 Å². The van der Waals surface area contributed by atoms with Gasteiger partial charge in [0.05, 0.1) is 0 Å². The molecular weight excluding hydrogens is 134 g/mol. The van der Waals surface area contributed by atoms with Crippen molar-refractivity contribution in [1.29, 1.82) is 0 Å². The Hall–Kier alpha value is -0.0400. The fourth-order valence-corrected chi connectivity index (χ4v) is 1.13. The molecule has 0 saturated heterocycles. The Morgan fingerprint density at radius 1 is 1.09 bits per heavy atom. The van der Waals surface area contributed by atoms with Gasteiger partial charge < -0.3 is 5.73 Å². The van der Waals surface area contributed by atoms with E-state index in [0.29, 0.717) is 0 Å². The van der Waals surface area contributed by atoms with Gasteiger partial charge in [-0.1, -0.05) is 39.5 Å². The highest BCUT2D eigenvalue weighted by molar-refractivity contribution is 4.75. The van der Waals surface area contributed by atoms with Crippen molar-refractivity contribution in [3.05, 3.63) is 0 Å². The second-order valence-electron chi connectivity index (χ2n) is 3.82. The second kappa shape index (κ2) is 5.59. The Kier molecular flexibility index (Phi) is 5.57. The molecule has 0 saturated carbocycles. The highest BCUT2D eigenvalue weighted by atomic mass is 14.7. The maximum Gasteiger partial charge on any atom is 0.0123 e. The van der Waals surface area contributed by atoms with Gasteiger partial charge in [0.25, 0.3) is 0 Å². The molecule has 1 nitrogen and oxygen atoms in total. The summed E-state index contributed by atoms with van der Waals surface area (Å²) in [4.78, 5) is 0. The van der Waals surface area contributed by atoms with E-state index in [1.54, 1.807) is 0 Å². The molecular formula is C10H23N. The number of hydrogen-bond acceptors (Lipinski definition) is 1. The third kappa shape index (κ3) is 6.36. The standard InChI is InChI=1S/C10H23N/c1-4-6-7-8-9-10(3,11)5-2/h4-9,11H2,1-3H3. The summed E-state index contributed by atoms with van der Waals surface area (Å²) in [6.45, 7) is 6.56. The highest BCUT2D eigenvalue weighted by Crippen LogP contribution is 2.15. The van der Waals surface area contributed by atoms with Gasteiger partial charge in [-0.3, -0.25) is 0 Å². The smallest absolute Gasteiger partial charge is 0.0123 e. The van der Waals surface area contributed by atoms with Crippen LogP contribution in [0.3, 0.4) is 0 Å². The Morgan fingerprint density at radius 2 is 1.73 bits per heavy atom. The van der Waals surface area contributed by atoms with Crippen molar-refractivity contribution in [3.63, 3.8) is 0 Å². The summed E-state index contributed by atoms with van der Waals surface area (Å²) in [6, 6.07) is 0. The van der Waals surface area contributed by atoms with Crippen LogP contribution in [0.5, 0.6) is 0 Å². The topological polar surface area (TPSA) is 26.0 Å². The molecule has 0 amide bonds. The van der Waals surface area contributed by atoms with Gasteiger partial charge in [-0.2, -0.15) is 0 Å². The summed E-state index contributed by atoms with van der Waals surface area (Å²) in [5.41, 5.74) is 6.09. The van der Waals surface area contributed by atoms with Crippen molar-refractivity contribution in [3.8, 4) is 0 Å². The molecule has 0 bridgehead atoms. The molecule has 0 aromatic carbocycles. The van der Waals surface area contributed by atoms with E-state index in [4.69, 9.17) is 5.73 Å². The number of unbranched alkanes of at least 4 members (excludes halogenated alkanes) is 3. The van der Waals surface area contributed by atoms with Crippen molar-refractivity contribution in [2.75, 3.05) is 0 Å². The summed E-state index contributed by atoms with van der Waals surface area (Å²) in [6.07, 6.45) is 7.60. The van der Waals surface area contributed by atoms with Crippen molar-refractivity contribution >= 4 is 0 Å². The van der Waals surface area contributed by atoms with E-state index in [9.17, 15) is 0 Å². The zero-order chi connectivity index (χ0) is 8.74. The van der Waals surface area contributed by atoms with E-state index < -0.39 is 0 Å². The SMILES string of the molecule is CCCCCCC(C)(N)CC. The summed E-state index contributed by atoms with van der Waals surface area (Å²) in [5.74, 6) is 0. The quantitative estimate of drug-likeness (QED) is 0.589. The second-order valence-corrected chi connectivity index (χ2v) is 3.82. The Balaban J connectivity index is 3.23. The molecule has 0 fully saturated rings. The lowest BCUT2D eigenvalue weighted by Crippen LogP contribution is -2.34. The lowest BCUT2D eigenvalue weighted by molar-refractivity contribution is 0.396. The lowest BCUT2D eigenvalue weighted by atomic mass is 9.93. The third-order valence-electron chi connectivity index (χ3n) is 2.41. The molecule has 1 atom stereocenters. The molecule has 1 unspecified atom stereocenters. The molecule has 0 aromatic rings. The fourth-order valence-electron chi connectivity index (χ4n) is 1.13. The van der Waals surface area contributed by atoms with Gasteiger partial charge in [-0.05, 0) is 19.8 Å².